The van der Waals surface area contributed by atoms with E-state index in [-0.39, 0.29) is 5.38 Å². The first-order chi connectivity index (χ1) is 8.19. The van der Waals surface area contributed by atoms with E-state index in [0.29, 0.717) is 11.8 Å². The monoisotopic (exact) mass is 254 g/mol. The Morgan fingerprint density at radius 3 is 3.06 bits per heavy atom. The minimum atomic E-state index is 0.259. The van der Waals surface area contributed by atoms with Crippen molar-refractivity contribution in [3.8, 4) is 5.88 Å². The molecule has 1 aromatic heterocycles. The van der Waals surface area contributed by atoms with Gasteiger partial charge in [-0.05, 0) is 24.9 Å². The van der Waals surface area contributed by atoms with E-state index < -0.39 is 0 Å². The molecule has 2 heterocycles. The Hall–Kier alpha value is -0.800. The van der Waals surface area contributed by atoms with Gasteiger partial charge in [0.2, 0.25) is 5.88 Å². The molecule has 0 aliphatic carbocycles. The fourth-order valence-corrected chi connectivity index (χ4v) is 2.44. The molecule has 3 nitrogen and oxygen atoms in total. The standard InChI is InChI=1S/C13H19ClN2O/c1-10-6-7-16(9-12(10)14)8-11-4-3-5-13(15-11)17-2/h3-5,10,12H,6-9H2,1-2H3. The summed E-state index contributed by atoms with van der Waals surface area (Å²) in [6.07, 6.45) is 1.16. The van der Waals surface area contributed by atoms with Crippen molar-refractivity contribution in [2.24, 2.45) is 5.92 Å². The van der Waals surface area contributed by atoms with Gasteiger partial charge >= 0.3 is 0 Å². The van der Waals surface area contributed by atoms with E-state index in [1.165, 1.54) is 0 Å². The SMILES string of the molecule is COc1cccc(CN2CCC(C)C(Cl)C2)n1. The number of pyridine rings is 1. The molecule has 1 fully saturated rings. The maximum absolute atomic E-state index is 6.30. The highest BCUT2D eigenvalue weighted by atomic mass is 35.5. The van der Waals surface area contributed by atoms with Gasteiger partial charge in [0.05, 0.1) is 12.8 Å². The van der Waals surface area contributed by atoms with Crippen molar-refractivity contribution in [2.75, 3.05) is 20.2 Å². The fraction of sp³-hybridized carbons (Fsp3) is 0.615. The van der Waals surface area contributed by atoms with Gasteiger partial charge in [0.25, 0.3) is 0 Å². The number of halogens is 1. The highest BCUT2D eigenvalue weighted by Gasteiger charge is 2.24. The third-order valence-electron chi connectivity index (χ3n) is 3.33. The van der Waals surface area contributed by atoms with E-state index in [1.807, 2.05) is 18.2 Å². The number of ether oxygens (including phenoxy) is 1. The van der Waals surface area contributed by atoms with Gasteiger partial charge in [-0.2, -0.15) is 0 Å². The van der Waals surface area contributed by atoms with Crippen LogP contribution in [-0.4, -0.2) is 35.5 Å². The molecule has 0 spiro atoms. The predicted octanol–water partition coefficient (Wildman–Crippen LogP) is 2.54. The lowest BCUT2D eigenvalue weighted by atomic mass is 9.98. The molecule has 1 aliphatic heterocycles. The van der Waals surface area contributed by atoms with Gasteiger partial charge in [-0.25, -0.2) is 4.98 Å². The molecule has 0 radical (unpaired) electrons. The van der Waals surface area contributed by atoms with Crippen LogP contribution in [0.1, 0.15) is 19.0 Å². The van der Waals surface area contributed by atoms with Crippen LogP contribution in [0, 0.1) is 5.92 Å². The number of rotatable bonds is 3. The third-order valence-corrected chi connectivity index (χ3v) is 3.89. The number of hydrogen-bond donors (Lipinski definition) is 0. The van der Waals surface area contributed by atoms with Crippen molar-refractivity contribution in [2.45, 2.75) is 25.3 Å². The van der Waals surface area contributed by atoms with Crippen molar-refractivity contribution in [3.05, 3.63) is 23.9 Å². The van der Waals surface area contributed by atoms with E-state index >= 15 is 0 Å². The Bertz CT molecular complexity index is 372. The number of alkyl halides is 1. The van der Waals surface area contributed by atoms with Crippen LogP contribution >= 0.6 is 11.6 Å². The molecule has 1 saturated heterocycles. The predicted molar refractivity (Wildman–Crippen MR) is 69.5 cm³/mol. The zero-order valence-electron chi connectivity index (χ0n) is 10.4. The second kappa shape index (κ2) is 5.69. The maximum atomic E-state index is 6.30. The van der Waals surface area contributed by atoms with Gasteiger partial charge in [-0.1, -0.05) is 13.0 Å². The van der Waals surface area contributed by atoms with E-state index in [9.17, 15) is 0 Å². The highest BCUT2D eigenvalue weighted by Crippen LogP contribution is 2.23. The molecule has 4 heteroatoms. The Labute approximate surface area is 108 Å². The van der Waals surface area contributed by atoms with Crippen LogP contribution in [0.25, 0.3) is 0 Å². The first kappa shape index (κ1) is 12.7. The second-order valence-corrected chi connectivity index (χ2v) is 5.25. The molecule has 17 heavy (non-hydrogen) atoms. The number of hydrogen-bond acceptors (Lipinski definition) is 3. The zero-order valence-corrected chi connectivity index (χ0v) is 11.2. The van der Waals surface area contributed by atoms with Crippen LogP contribution in [0.4, 0.5) is 0 Å². The molecule has 94 valence electrons. The molecule has 2 rings (SSSR count). The summed E-state index contributed by atoms with van der Waals surface area (Å²) in [5, 5.41) is 0.259. The number of piperidine rings is 1. The largest absolute Gasteiger partial charge is 0.481 e. The van der Waals surface area contributed by atoms with Crippen LogP contribution in [0.2, 0.25) is 0 Å². The van der Waals surface area contributed by atoms with Crippen molar-refractivity contribution >= 4 is 11.6 Å². The van der Waals surface area contributed by atoms with Crippen LogP contribution < -0.4 is 4.74 Å². The molecule has 1 aromatic rings. The van der Waals surface area contributed by atoms with Crippen LogP contribution in [0.3, 0.4) is 0 Å². The number of aromatic nitrogens is 1. The summed E-state index contributed by atoms with van der Waals surface area (Å²) < 4.78 is 5.13. The lowest BCUT2D eigenvalue weighted by molar-refractivity contribution is 0.187. The van der Waals surface area contributed by atoms with Crippen molar-refractivity contribution < 1.29 is 4.74 Å². The van der Waals surface area contributed by atoms with Crippen molar-refractivity contribution in [3.63, 3.8) is 0 Å². The summed E-state index contributed by atoms with van der Waals surface area (Å²) in [5.41, 5.74) is 1.04. The summed E-state index contributed by atoms with van der Waals surface area (Å²) >= 11 is 6.30. The Morgan fingerprint density at radius 1 is 1.53 bits per heavy atom. The van der Waals surface area contributed by atoms with Crippen molar-refractivity contribution in [1.82, 2.24) is 9.88 Å². The molecular weight excluding hydrogens is 236 g/mol. The molecule has 1 aliphatic rings. The molecule has 2 atom stereocenters. The van der Waals surface area contributed by atoms with E-state index in [0.717, 1.165) is 31.7 Å². The number of nitrogens with zero attached hydrogens (tertiary/aromatic N) is 2. The third kappa shape index (κ3) is 3.33. The number of methoxy groups -OCH3 is 1. The zero-order chi connectivity index (χ0) is 12.3. The smallest absolute Gasteiger partial charge is 0.213 e. The molecule has 0 aromatic carbocycles. The summed E-state index contributed by atoms with van der Waals surface area (Å²) in [4.78, 5) is 6.78. The molecular formula is C13H19ClN2O. The lowest BCUT2D eigenvalue weighted by Crippen LogP contribution is -2.39. The minimum Gasteiger partial charge on any atom is -0.481 e. The molecule has 2 unspecified atom stereocenters. The van der Waals surface area contributed by atoms with Crippen LogP contribution in [0.15, 0.2) is 18.2 Å². The van der Waals surface area contributed by atoms with Gasteiger partial charge in [-0.3, -0.25) is 4.90 Å². The fourth-order valence-electron chi connectivity index (χ4n) is 2.12. The van der Waals surface area contributed by atoms with Crippen LogP contribution in [-0.2, 0) is 6.54 Å². The quantitative estimate of drug-likeness (QED) is 0.776. The Balaban J connectivity index is 1.96. The van der Waals surface area contributed by atoms with E-state index in [2.05, 4.69) is 16.8 Å². The molecule has 0 amide bonds. The van der Waals surface area contributed by atoms with Gasteiger partial charge in [-0.15, -0.1) is 11.6 Å². The Morgan fingerprint density at radius 2 is 2.35 bits per heavy atom. The topological polar surface area (TPSA) is 25.4 Å². The first-order valence-corrected chi connectivity index (χ1v) is 6.49. The van der Waals surface area contributed by atoms with Gasteiger partial charge < -0.3 is 4.74 Å². The van der Waals surface area contributed by atoms with Crippen molar-refractivity contribution in [1.29, 1.82) is 0 Å². The van der Waals surface area contributed by atoms with Gasteiger partial charge in [0.15, 0.2) is 0 Å². The molecule has 0 N–H and O–H groups in total. The lowest BCUT2D eigenvalue weighted by Gasteiger charge is -2.33. The van der Waals surface area contributed by atoms with E-state index in [4.69, 9.17) is 16.3 Å². The van der Waals surface area contributed by atoms with Gasteiger partial charge in [0.1, 0.15) is 0 Å². The summed E-state index contributed by atoms with van der Waals surface area (Å²) in [7, 11) is 1.64. The molecule has 0 bridgehead atoms. The minimum absolute atomic E-state index is 0.259. The average Bonchev–Trinajstić information content (AvgIpc) is 2.34. The van der Waals surface area contributed by atoms with Crippen LogP contribution in [0.5, 0.6) is 5.88 Å². The summed E-state index contributed by atoms with van der Waals surface area (Å²) in [6.45, 7) is 5.12. The normalized spacial score (nSPS) is 25.8. The average molecular weight is 255 g/mol. The summed E-state index contributed by atoms with van der Waals surface area (Å²) in [6, 6.07) is 5.88. The maximum Gasteiger partial charge on any atom is 0.213 e. The van der Waals surface area contributed by atoms with E-state index in [1.54, 1.807) is 7.11 Å². The number of likely N-dealkylation sites (tertiary alicyclic amines) is 1. The highest BCUT2D eigenvalue weighted by molar-refractivity contribution is 6.21. The second-order valence-electron chi connectivity index (χ2n) is 4.69. The molecule has 0 saturated carbocycles. The first-order valence-electron chi connectivity index (χ1n) is 6.05. The summed E-state index contributed by atoms with van der Waals surface area (Å²) in [5.74, 6) is 1.29. The van der Waals surface area contributed by atoms with Gasteiger partial charge in [0, 0.05) is 24.5 Å². The Kier molecular flexibility index (Phi) is 4.24.